The van der Waals surface area contributed by atoms with Gasteiger partial charge in [0.2, 0.25) is 0 Å². The number of aromatic hydroxyl groups is 1. The molecule has 3 nitrogen and oxygen atoms in total. The van der Waals surface area contributed by atoms with Crippen molar-refractivity contribution in [3.8, 4) is 5.75 Å². The molecule has 0 aliphatic carbocycles. The van der Waals surface area contributed by atoms with Crippen LogP contribution >= 0.6 is 0 Å². The summed E-state index contributed by atoms with van der Waals surface area (Å²) in [6.07, 6.45) is 2.42. The SMILES string of the molecule is CC1(C)CC([NH2+]Cc2ccccc2O)CC(C)(C)[NH2+]1. The van der Waals surface area contributed by atoms with Crippen LogP contribution in [0.1, 0.15) is 46.1 Å². The predicted molar refractivity (Wildman–Crippen MR) is 76.8 cm³/mol. The van der Waals surface area contributed by atoms with Gasteiger partial charge in [0, 0.05) is 5.56 Å². The molecule has 106 valence electrons. The Morgan fingerprint density at radius 3 is 2.32 bits per heavy atom. The molecule has 0 bridgehead atoms. The van der Waals surface area contributed by atoms with Crippen molar-refractivity contribution in [3.05, 3.63) is 29.8 Å². The summed E-state index contributed by atoms with van der Waals surface area (Å²) in [4.78, 5) is 0. The normalized spacial score (nSPS) is 22.3. The van der Waals surface area contributed by atoms with Crippen molar-refractivity contribution >= 4 is 0 Å². The van der Waals surface area contributed by atoms with Crippen LogP contribution in [-0.4, -0.2) is 22.2 Å². The molecular formula is C16H28N2O+2. The first-order valence-electron chi connectivity index (χ1n) is 7.25. The molecule has 0 unspecified atom stereocenters. The van der Waals surface area contributed by atoms with Crippen LogP contribution < -0.4 is 10.6 Å². The number of para-hydroxylation sites is 1. The number of benzene rings is 1. The number of hydrogen-bond acceptors (Lipinski definition) is 1. The molecule has 0 saturated carbocycles. The number of phenols is 1. The Morgan fingerprint density at radius 1 is 1.16 bits per heavy atom. The molecule has 1 aliphatic heterocycles. The Hall–Kier alpha value is -1.06. The Labute approximate surface area is 116 Å². The second-order valence-electron chi connectivity index (χ2n) is 7.36. The molecule has 3 heteroatoms. The third-order valence-electron chi connectivity index (χ3n) is 4.02. The Balaban J connectivity index is 1.98. The van der Waals surface area contributed by atoms with Gasteiger partial charge in [-0.15, -0.1) is 0 Å². The molecular weight excluding hydrogens is 236 g/mol. The highest BCUT2D eigenvalue weighted by molar-refractivity contribution is 5.30. The Kier molecular flexibility index (Phi) is 3.88. The first kappa shape index (κ1) is 14.4. The molecule has 1 heterocycles. The average Bonchev–Trinajstić information content (AvgIpc) is 2.23. The van der Waals surface area contributed by atoms with Crippen LogP contribution in [0, 0.1) is 0 Å². The number of nitrogens with two attached hydrogens (primary N) is 2. The molecule has 19 heavy (non-hydrogen) atoms. The second kappa shape index (κ2) is 5.14. The van der Waals surface area contributed by atoms with Crippen LogP contribution in [0.2, 0.25) is 0 Å². The molecule has 0 atom stereocenters. The molecule has 1 aliphatic rings. The zero-order valence-corrected chi connectivity index (χ0v) is 12.6. The van der Waals surface area contributed by atoms with Crippen LogP contribution in [0.5, 0.6) is 5.75 Å². The highest BCUT2D eigenvalue weighted by atomic mass is 16.3. The van der Waals surface area contributed by atoms with Crippen molar-refractivity contribution in [3.63, 3.8) is 0 Å². The van der Waals surface area contributed by atoms with E-state index in [0.717, 1.165) is 12.1 Å². The maximum atomic E-state index is 9.82. The molecule has 1 fully saturated rings. The topological polar surface area (TPSA) is 53.5 Å². The van der Waals surface area contributed by atoms with E-state index in [1.54, 1.807) is 6.07 Å². The van der Waals surface area contributed by atoms with E-state index in [9.17, 15) is 5.11 Å². The lowest BCUT2D eigenvalue weighted by Crippen LogP contribution is -3.09. The third kappa shape index (κ3) is 3.95. The van der Waals surface area contributed by atoms with E-state index in [1.807, 2.05) is 18.2 Å². The van der Waals surface area contributed by atoms with Crippen molar-refractivity contribution in [2.24, 2.45) is 0 Å². The molecule has 1 aromatic carbocycles. The fraction of sp³-hybridized carbons (Fsp3) is 0.625. The summed E-state index contributed by atoms with van der Waals surface area (Å²) in [5.74, 6) is 0.416. The molecule has 0 spiro atoms. The van der Waals surface area contributed by atoms with Crippen molar-refractivity contribution in [2.75, 3.05) is 0 Å². The van der Waals surface area contributed by atoms with Crippen molar-refractivity contribution in [1.29, 1.82) is 0 Å². The Morgan fingerprint density at radius 2 is 1.74 bits per heavy atom. The van der Waals surface area contributed by atoms with Gasteiger partial charge in [-0.3, -0.25) is 0 Å². The minimum atomic E-state index is 0.307. The van der Waals surface area contributed by atoms with E-state index < -0.39 is 0 Å². The zero-order valence-electron chi connectivity index (χ0n) is 12.6. The summed E-state index contributed by atoms with van der Waals surface area (Å²) in [5.41, 5.74) is 1.65. The van der Waals surface area contributed by atoms with Crippen LogP contribution in [-0.2, 0) is 6.54 Å². The fourth-order valence-corrected chi connectivity index (χ4v) is 3.74. The van der Waals surface area contributed by atoms with Gasteiger partial charge in [0.1, 0.15) is 12.3 Å². The second-order valence-corrected chi connectivity index (χ2v) is 7.36. The summed E-state index contributed by atoms with van der Waals surface area (Å²) in [7, 11) is 0. The monoisotopic (exact) mass is 264 g/mol. The van der Waals surface area contributed by atoms with Crippen LogP contribution in [0.25, 0.3) is 0 Å². The average molecular weight is 264 g/mol. The lowest BCUT2D eigenvalue weighted by atomic mass is 9.79. The highest BCUT2D eigenvalue weighted by Gasteiger charge is 2.43. The smallest absolute Gasteiger partial charge is 0.124 e. The van der Waals surface area contributed by atoms with E-state index in [2.05, 4.69) is 38.3 Å². The van der Waals surface area contributed by atoms with Gasteiger partial charge in [-0.1, -0.05) is 12.1 Å². The standard InChI is InChI=1S/C16H26N2O/c1-15(2)9-13(10-16(3,4)18-15)17-11-12-7-5-6-8-14(12)19/h5-8,13,17-19H,9-11H2,1-4H3/p+2. The van der Waals surface area contributed by atoms with Gasteiger partial charge < -0.3 is 15.7 Å². The summed E-state index contributed by atoms with van der Waals surface area (Å²) in [6.45, 7) is 10.2. The Bertz CT molecular complexity index is 424. The number of rotatable bonds is 3. The third-order valence-corrected chi connectivity index (χ3v) is 4.02. The summed E-state index contributed by atoms with van der Waals surface area (Å²) in [6, 6.07) is 8.28. The van der Waals surface area contributed by atoms with Crippen molar-refractivity contribution < 1.29 is 15.7 Å². The predicted octanol–water partition coefficient (Wildman–Crippen LogP) is 0.739. The molecule has 0 radical (unpaired) electrons. The molecule has 0 aromatic heterocycles. The minimum Gasteiger partial charge on any atom is -0.507 e. The van der Waals surface area contributed by atoms with E-state index in [0.29, 0.717) is 22.9 Å². The zero-order chi connectivity index (χ0) is 14.1. The van der Waals surface area contributed by atoms with Gasteiger partial charge in [-0.2, -0.15) is 0 Å². The van der Waals surface area contributed by atoms with Gasteiger partial charge in [0.05, 0.1) is 30.0 Å². The lowest BCUT2D eigenvalue weighted by Gasteiger charge is -2.41. The molecule has 1 saturated heterocycles. The van der Waals surface area contributed by atoms with Gasteiger partial charge in [-0.25, -0.2) is 0 Å². The lowest BCUT2D eigenvalue weighted by molar-refractivity contribution is -0.816. The molecule has 5 N–H and O–H groups in total. The molecule has 1 aromatic rings. The first-order chi connectivity index (χ1) is 8.77. The summed E-state index contributed by atoms with van der Waals surface area (Å²) < 4.78 is 0. The fourth-order valence-electron chi connectivity index (χ4n) is 3.74. The van der Waals surface area contributed by atoms with E-state index in [1.165, 1.54) is 12.8 Å². The van der Waals surface area contributed by atoms with Crippen LogP contribution in [0.4, 0.5) is 0 Å². The summed E-state index contributed by atoms with van der Waals surface area (Å²) in [5, 5.41) is 14.7. The van der Waals surface area contributed by atoms with Crippen molar-refractivity contribution in [1.82, 2.24) is 0 Å². The first-order valence-corrected chi connectivity index (χ1v) is 7.25. The quantitative estimate of drug-likeness (QED) is 0.741. The van der Waals surface area contributed by atoms with E-state index >= 15 is 0 Å². The van der Waals surface area contributed by atoms with E-state index in [4.69, 9.17) is 0 Å². The number of phenolic OH excluding ortho intramolecular Hbond substituents is 1. The minimum absolute atomic E-state index is 0.307. The van der Waals surface area contributed by atoms with Gasteiger partial charge >= 0.3 is 0 Å². The largest absolute Gasteiger partial charge is 0.507 e. The molecule has 2 rings (SSSR count). The van der Waals surface area contributed by atoms with E-state index in [-0.39, 0.29) is 0 Å². The van der Waals surface area contributed by atoms with Crippen LogP contribution in [0.3, 0.4) is 0 Å². The van der Waals surface area contributed by atoms with Crippen molar-refractivity contribution in [2.45, 2.75) is 64.2 Å². The number of piperidine rings is 1. The van der Waals surface area contributed by atoms with Gasteiger partial charge in [0.15, 0.2) is 0 Å². The maximum absolute atomic E-state index is 9.82. The number of hydrogen-bond donors (Lipinski definition) is 3. The van der Waals surface area contributed by atoms with Gasteiger partial charge in [0.25, 0.3) is 0 Å². The number of quaternary nitrogens is 2. The highest BCUT2D eigenvalue weighted by Crippen LogP contribution is 2.20. The van der Waals surface area contributed by atoms with Crippen LogP contribution in [0.15, 0.2) is 24.3 Å². The maximum Gasteiger partial charge on any atom is 0.124 e. The molecule has 0 amide bonds. The van der Waals surface area contributed by atoms with Gasteiger partial charge in [-0.05, 0) is 39.8 Å². The summed E-state index contributed by atoms with van der Waals surface area (Å²) >= 11 is 0.